The smallest absolute Gasteiger partial charge is 0.0855 e. The highest BCUT2D eigenvalue weighted by atomic mass is 16.5. The van der Waals surface area contributed by atoms with Crippen molar-refractivity contribution in [1.82, 2.24) is 0 Å². The summed E-state index contributed by atoms with van der Waals surface area (Å²) in [6, 6.07) is 0.775. The fourth-order valence-corrected chi connectivity index (χ4v) is 0.737. The summed E-state index contributed by atoms with van der Waals surface area (Å²) in [5.74, 6) is 0. The van der Waals surface area contributed by atoms with E-state index in [0.717, 1.165) is 32.1 Å². The van der Waals surface area contributed by atoms with Gasteiger partial charge in [-0.1, -0.05) is 13.8 Å². The van der Waals surface area contributed by atoms with Gasteiger partial charge in [0.05, 0.1) is 19.3 Å². The summed E-state index contributed by atoms with van der Waals surface area (Å²) in [5.41, 5.74) is 5.62. The van der Waals surface area contributed by atoms with Crippen molar-refractivity contribution in [2.75, 3.05) is 26.4 Å². The second-order valence-corrected chi connectivity index (χ2v) is 2.76. The highest BCUT2D eigenvalue weighted by Crippen LogP contribution is 1.94. The van der Waals surface area contributed by atoms with E-state index >= 15 is 0 Å². The van der Waals surface area contributed by atoms with Crippen LogP contribution < -0.4 is 5.73 Å². The van der Waals surface area contributed by atoms with Crippen LogP contribution in [-0.2, 0) is 9.47 Å². The van der Waals surface area contributed by atoms with Crippen molar-refractivity contribution in [2.45, 2.75) is 26.7 Å². The molecule has 0 aromatic carbocycles. The lowest BCUT2D eigenvalue weighted by Gasteiger charge is -2.10. The van der Waals surface area contributed by atoms with Crippen LogP contribution in [0.5, 0.6) is 0 Å². The zero-order valence-electron chi connectivity index (χ0n) is 8.14. The zero-order valence-corrected chi connectivity index (χ0v) is 8.14. The van der Waals surface area contributed by atoms with Crippen LogP contribution in [0.2, 0.25) is 0 Å². The van der Waals surface area contributed by atoms with Gasteiger partial charge < -0.3 is 15.2 Å². The predicted octanol–water partition coefficient (Wildman–Crippen LogP) is 1.33. The molecule has 0 aliphatic rings. The third-order valence-corrected chi connectivity index (χ3v) is 1.27. The van der Waals surface area contributed by atoms with Crippen molar-refractivity contribution in [3.8, 4) is 0 Å². The lowest BCUT2D eigenvalue weighted by Crippen LogP contribution is -2.22. The quantitative estimate of drug-likeness (QED) is 0.565. The molecule has 0 heterocycles. The molecule has 0 rings (SSSR count). The Morgan fingerprint density at radius 3 is 1.75 bits per heavy atom. The molecule has 0 aromatic rings. The lowest BCUT2D eigenvalue weighted by molar-refractivity contribution is 0.0979. The molecular weight excluding hydrogens is 154 g/mol. The molecule has 3 nitrogen and oxygen atoms in total. The number of ether oxygens (including phenoxy) is 2. The third kappa shape index (κ3) is 7.98. The van der Waals surface area contributed by atoms with Crippen molar-refractivity contribution >= 4 is 0 Å². The van der Waals surface area contributed by atoms with Gasteiger partial charge in [0.25, 0.3) is 0 Å². The molecule has 2 N–H and O–H groups in total. The first-order chi connectivity index (χ1) is 5.81. The van der Waals surface area contributed by atoms with Gasteiger partial charge in [-0.15, -0.1) is 0 Å². The summed E-state index contributed by atoms with van der Waals surface area (Å²) in [5, 5.41) is 0. The zero-order chi connectivity index (χ0) is 9.23. The van der Waals surface area contributed by atoms with Gasteiger partial charge in [-0.25, -0.2) is 0 Å². The molecule has 0 aliphatic carbocycles. The van der Waals surface area contributed by atoms with Gasteiger partial charge in [0.15, 0.2) is 0 Å². The van der Waals surface area contributed by atoms with E-state index in [0.29, 0.717) is 13.2 Å². The maximum Gasteiger partial charge on any atom is 0.0855 e. The van der Waals surface area contributed by atoms with Crippen LogP contribution in [0.1, 0.15) is 26.7 Å². The van der Waals surface area contributed by atoms with E-state index in [2.05, 4.69) is 13.8 Å². The average Bonchev–Trinajstić information content (AvgIpc) is 2.06. The van der Waals surface area contributed by atoms with Gasteiger partial charge in [-0.2, -0.15) is 0 Å². The minimum Gasteiger partial charge on any atom is -0.379 e. The third-order valence-electron chi connectivity index (χ3n) is 1.27. The van der Waals surface area contributed by atoms with E-state index in [-0.39, 0.29) is 0 Å². The van der Waals surface area contributed by atoms with Gasteiger partial charge in [-0.3, -0.25) is 0 Å². The summed E-state index contributed by atoms with van der Waals surface area (Å²) in [6.07, 6.45) is 2.06. The maximum atomic E-state index is 5.62. The first kappa shape index (κ1) is 11.9. The van der Waals surface area contributed by atoms with Crippen LogP contribution in [0.3, 0.4) is 0 Å². The summed E-state index contributed by atoms with van der Waals surface area (Å²) in [6.45, 7) is 6.74. The molecule has 0 fully saturated rings. The van der Waals surface area contributed by atoms with Crippen LogP contribution in [-0.4, -0.2) is 26.4 Å². The SMILES string of the molecule is CCCOC[C](N)COCCC. The Labute approximate surface area is 75.2 Å². The molecule has 0 unspecified atom stereocenters. The largest absolute Gasteiger partial charge is 0.379 e. The molecule has 0 aromatic heterocycles. The Bertz CT molecular complexity index is 78.6. The van der Waals surface area contributed by atoms with Crippen LogP contribution >= 0.6 is 0 Å². The van der Waals surface area contributed by atoms with Gasteiger partial charge in [0, 0.05) is 13.2 Å². The van der Waals surface area contributed by atoms with E-state index in [9.17, 15) is 0 Å². The van der Waals surface area contributed by atoms with Crippen LogP contribution in [0, 0.1) is 6.04 Å². The van der Waals surface area contributed by atoms with E-state index in [1.165, 1.54) is 0 Å². The van der Waals surface area contributed by atoms with Gasteiger partial charge in [0.1, 0.15) is 0 Å². The molecule has 73 valence electrons. The van der Waals surface area contributed by atoms with Crippen molar-refractivity contribution in [3.05, 3.63) is 6.04 Å². The molecule has 0 atom stereocenters. The number of hydrogen-bond acceptors (Lipinski definition) is 3. The summed E-state index contributed by atoms with van der Waals surface area (Å²) in [4.78, 5) is 0. The first-order valence-corrected chi connectivity index (χ1v) is 4.56. The summed E-state index contributed by atoms with van der Waals surface area (Å²) in [7, 11) is 0. The molecular formula is C9H20NO2. The molecule has 0 bridgehead atoms. The van der Waals surface area contributed by atoms with Crippen molar-refractivity contribution < 1.29 is 9.47 Å². The normalized spacial score (nSPS) is 11.0. The molecule has 0 amide bonds. The van der Waals surface area contributed by atoms with Crippen LogP contribution in [0.4, 0.5) is 0 Å². The topological polar surface area (TPSA) is 44.5 Å². The standard InChI is InChI=1S/C9H20NO2/c1-3-5-11-7-9(10)8-12-6-4-2/h3-8,10H2,1-2H3. The Balaban J connectivity index is 3.04. The molecule has 0 saturated heterocycles. The Hall–Kier alpha value is -0.120. The van der Waals surface area contributed by atoms with Crippen LogP contribution in [0.25, 0.3) is 0 Å². The molecule has 1 radical (unpaired) electrons. The first-order valence-electron chi connectivity index (χ1n) is 4.56. The predicted molar refractivity (Wildman–Crippen MR) is 49.7 cm³/mol. The van der Waals surface area contributed by atoms with Gasteiger partial charge in [0.2, 0.25) is 0 Å². The van der Waals surface area contributed by atoms with E-state index < -0.39 is 0 Å². The van der Waals surface area contributed by atoms with E-state index in [1.54, 1.807) is 0 Å². The monoisotopic (exact) mass is 174 g/mol. The second-order valence-electron chi connectivity index (χ2n) is 2.76. The fraction of sp³-hybridized carbons (Fsp3) is 0.889. The summed E-state index contributed by atoms with van der Waals surface area (Å²) < 4.78 is 10.5. The number of nitrogens with two attached hydrogens (primary N) is 1. The summed E-state index contributed by atoms with van der Waals surface area (Å²) >= 11 is 0. The van der Waals surface area contributed by atoms with Crippen molar-refractivity contribution in [3.63, 3.8) is 0 Å². The molecule has 3 heteroatoms. The fourth-order valence-electron chi connectivity index (χ4n) is 0.737. The van der Waals surface area contributed by atoms with E-state index in [1.807, 2.05) is 0 Å². The van der Waals surface area contributed by atoms with Gasteiger partial charge in [-0.05, 0) is 12.8 Å². The lowest BCUT2D eigenvalue weighted by atomic mass is 10.3. The minimum absolute atomic E-state index is 0.525. The van der Waals surface area contributed by atoms with Gasteiger partial charge >= 0.3 is 0 Å². The minimum atomic E-state index is 0.525. The molecule has 0 aliphatic heterocycles. The van der Waals surface area contributed by atoms with Crippen LogP contribution in [0.15, 0.2) is 0 Å². The maximum absolute atomic E-state index is 5.62. The highest BCUT2D eigenvalue weighted by molar-refractivity contribution is 4.80. The van der Waals surface area contributed by atoms with Crippen molar-refractivity contribution in [2.24, 2.45) is 5.73 Å². The Morgan fingerprint density at radius 2 is 1.42 bits per heavy atom. The second kappa shape index (κ2) is 8.97. The number of rotatable bonds is 8. The molecule has 0 spiro atoms. The molecule has 12 heavy (non-hydrogen) atoms. The average molecular weight is 174 g/mol. The Kier molecular flexibility index (Phi) is 8.88. The number of hydrogen-bond donors (Lipinski definition) is 1. The highest BCUT2D eigenvalue weighted by Gasteiger charge is 2.02. The Morgan fingerprint density at radius 1 is 1.00 bits per heavy atom. The van der Waals surface area contributed by atoms with Crippen molar-refractivity contribution in [1.29, 1.82) is 0 Å². The van der Waals surface area contributed by atoms with E-state index in [4.69, 9.17) is 15.2 Å². The molecule has 0 saturated carbocycles.